The fourth-order valence-corrected chi connectivity index (χ4v) is 2.19. The van der Waals surface area contributed by atoms with E-state index in [2.05, 4.69) is 22.3 Å². The first kappa shape index (κ1) is 14.7. The standard InChI is InChI=1S/C15H22N2O3/c1-11(15(18)19)12(2)16-13-3-5-14(6-4-13)17-7-9-20-10-8-17/h3-6,11-12,16H,7-10H2,1-2H3,(H,18,19). The summed E-state index contributed by atoms with van der Waals surface area (Å²) in [5, 5.41) is 12.2. The van der Waals surface area contributed by atoms with Gasteiger partial charge in [0.05, 0.1) is 19.1 Å². The van der Waals surface area contributed by atoms with Crippen molar-refractivity contribution in [1.29, 1.82) is 0 Å². The zero-order chi connectivity index (χ0) is 14.5. The molecule has 0 spiro atoms. The maximum atomic E-state index is 10.9. The summed E-state index contributed by atoms with van der Waals surface area (Å²) in [5.74, 6) is -1.20. The number of aliphatic carboxylic acids is 1. The highest BCUT2D eigenvalue weighted by molar-refractivity contribution is 5.71. The van der Waals surface area contributed by atoms with E-state index in [4.69, 9.17) is 9.84 Å². The Morgan fingerprint density at radius 3 is 2.40 bits per heavy atom. The van der Waals surface area contributed by atoms with Crippen LogP contribution in [0, 0.1) is 5.92 Å². The SMILES string of the molecule is CC(Nc1ccc(N2CCOCC2)cc1)C(C)C(=O)O. The summed E-state index contributed by atoms with van der Waals surface area (Å²) >= 11 is 0. The van der Waals surface area contributed by atoms with Crippen LogP contribution in [0.5, 0.6) is 0 Å². The van der Waals surface area contributed by atoms with E-state index >= 15 is 0 Å². The summed E-state index contributed by atoms with van der Waals surface area (Å²) in [5.41, 5.74) is 2.13. The van der Waals surface area contributed by atoms with Crippen LogP contribution in [0.4, 0.5) is 11.4 Å². The number of rotatable bonds is 5. The predicted octanol–water partition coefficient (Wildman–Crippen LogP) is 2.04. The number of carboxylic acid groups (broad SMARTS) is 1. The first-order valence-electron chi connectivity index (χ1n) is 7.00. The minimum atomic E-state index is -0.782. The molecule has 1 saturated heterocycles. The van der Waals surface area contributed by atoms with E-state index < -0.39 is 11.9 Å². The average molecular weight is 278 g/mol. The molecule has 1 heterocycles. The Morgan fingerprint density at radius 2 is 1.85 bits per heavy atom. The van der Waals surface area contributed by atoms with Crippen LogP contribution in [0.25, 0.3) is 0 Å². The monoisotopic (exact) mass is 278 g/mol. The molecule has 20 heavy (non-hydrogen) atoms. The summed E-state index contributed by atoms with van der Waals surface area (Å²) < 4.78 is 5.34. The van der Waals surface area contributed by atoms with Crippen LogP contribution in [-0.4, -0.2) is 43.4 Å². The van der Waals surface area contributed by atoms with Crippen molar-refractivity contribution in [2.24, 2.45) is 5.92 Å². The molecule has 0 saturated carbocycles. The summed E-state index contributed by atoms with van der Waals surface area (Å²) in [4.78, 5) is 13.2. The number of morpholine rings is 1. The van der Waals surface area contributed by atoms with E-state index in [1.54, 1.807) is 6.92 Å². The van der Waals surface area contributed by atoms with Gasteiger partial charge in [-0.25, -0.2) is 0 Å². The largest absolute Gasteiger partial charge is 0.481 e. The molecule has 0 amide bonds. The molecule has 2 rings (SSSR count). The number of anilines is 2. The molecule has 110 valence electrons. The highest BCUT2D eigenvalue weighted by Crippen LogP contribution is 2.20. The molecular weight excluding hydrogens is 256 g/mol. The van der Waals surface area contributed by atoms with Gasteiger partial charge >= 0.3 is 5.97 Å². The third-order valence-corrected chi connectivity index (χ3v) is 3.78. The molecule has 1 aliphatic heterocycles. The van der Waals surface area contributed by atoms with Gasteiger partial charge in [0.15, 0.2) is 0 Å². The first-order chi connectivity index (χ1) is 9.58. The molecular formula is C15H22N2O3. The molecule has 1 aliphatic rings. The molecule has 0 radical (unpaired) electrons. The van der Waals surface area contributed by atoms with Gasteiger partial charge in [0.1, 0.15) is 0 Å². The van der Waals surface area contributed by atoms with Gasteiger partial charge < -0.3 is 20.1 Å². The fourth-order valence-electron chi connectivity index (χ4n) is 2.19. The second kappa shape index (κ2) is 6.61. The minimum Gasteiger partial charge on any atom is -0.481 e. The van der Waals surface area contributed by atoms with Gasteiger partial charge in [-0.3, -0.25) is 4.79 Å². The summed E-state index contributed by atoms with van der Waals surface area (Å²) in [6.07, 6.45) is 0. The number of hydrogen-bond donors (Lipinski definition) is 2. The normalized spacial score (nSPS) is 18.4. The van der Waals surface area contributed by atoms with E-state index in [9.17, 15) is 4.79 Å². The van der Waals surface area contributed by atoms with E-state index in [-0.39, 0.29) is 6.04 Å². The van der Waals surface area contributed by atoms with Gasteiger partial charge in [0.2, 0.25) is 0 Å². The molecule has 0 aromatic heterocycles. The summed E-state index contributed by atoms with van der Waals surface area (Å²) in [6.45, 7) is 6.97. The van der Waals surface area contributed by atoms with Crippen molar-refractivity contribution in [2.45, 2.75) is 19.9 Å². The Labute approximate surface area is 119 Å². The van der Waals surface area contributed by atoms with Gasteiger partial charge in [-0.1, -0.05) is 0 Å². The third-order valence-electron chi connectivity index (χ3n) is 3.78. The highest BCUT2D eigenvalue weighted by atomic mass is 16.5. The van der Waals surface area contributed by atoms with Crippen molar-refractivity contribution in [3.63, 3.8) is 0 Å². The lowest BCUT2D eigenvalue weighted by Crippen LogP contribution is -2.36. The third kappa shape index (κ3) is 3.63. The number of ether oxygens (including phenoxy) is 1. The molecule has 1 aromatic carbocycles. The average Bonchev–Trinajstić information content (AvgIpc) is 2.48. The number of carbonyl (C=O) groups is 1. The lowest BCUT2D eigenvalue weighted by atomic mass is 10.0. The van der Waals surface area contributed by atoms with Gasteiger partial charge in [0, 0.05) is 30.5 Å². The molecule has 5 heteroatoms. The topological polar surface area (TPSA) is 61.8 Å². The van der Waals surface area contributed by atoms with Crippen LogP contribution in [0.2, 0.25) is 0 Å². The van der Waals surface area contributed by atoms with Gasteiger partial charge in [-0.15, -0.1) is 0 Å². The molecule has 2 N–H and O–H groups in total. The van der Waals surface area contributed by atoms with Gasteiger partial charge in [-0.2, -0.15) is 0 Å². The lowest BCUT2D eigenvalue weighted by Gasteiger charge is -2.29. The van der Waals surface area contributed by atoms with Crippen molar-refractivity contribution < 1.29 is 14.6 Å². The Kier molecular flexibility index (Phi) is 4.84. The van der Waals surface area contributed by atoms with Crippen molar-refractivity contribution in [3.8, 4) is 0 Å². The molecule has 2 atom stereocenters. The number of benzene rings is 1. The Hall–Kier alpha value is -1.75. The van der Waals surface area contributed by atoms with Crippen LogP contribution < -0.4 is 10.2 Å². The fraction of sp³-hybridized carbons (Fsp3) is 0.533. The van der Waals surface area contributed by atoms with E-state index in [1.165, 1.54) is 5.69 Å². The second-order valence-corrected chi connectivity index (χ2v) is 5.21. The van der Waals surface area contributed by atoms with Crippen molar-refractivity contribution in [1.82, 2.24) is 0 Å². The van der Waals surface area contributed by atoms with Crippen LogP contribution in [-0.2, 0) is 9.53 Å². The molecule has 5 nitrogen and oxygen atoms in total. The lowest BCUT2D eigenvalue weighted by molar-refractivity contribution is -0.141. The summed E-state index contributed by atoms with van der Waals surface area (Å²) in [6, 6.07) is 8.00. The van der Waals surface area contributed by atoms with Crippen LogP contribution in [0.3, 0.4) is 0 Å². The highest BCUT2D eigenvalue weighted by Gasteiger charge is 2.19. The van der Waals surface area contributed by atoms with Crippen LogP contribution >= 0.6 is 0 Å². The smallest absolute Gasteiger partial charge is 0.308 e. The van der Waals surface area contributed by atoms with Crippen molar-refractivity contribution in [3.05, 3.63) is 24.3 Å². The number of carboxylic acids is 1. The van der Waals surface area contributed by atoms with Crippen molar-refractivity contribution in [2.75, 3.05) is 36.5 Å². The van der Waals surface area contributed by atoms with E-state index in [0.29, 0.717) is 0 Å². The molecule has 1 fully saturated rings. The maximum absolute atomic E-state index is 10.9. The predicted molar refractivity (Wildman–Crippen MR) is 79.4 cm³/mol. The Bertz CT molecular complexity index is 441. The molecule has 0 bridgehead atoms. The maximum Gasteiger partial charge on any atom is 0.308 e. The number of hydrogen-bond acceptors (Lipinski definition) is 4. The van der Waals surface area contributed by atoms with Gasteiger partial charge in [0.25, 0.3) is 0 Å². The zero-order valence-electron chi connectivity index (χ0n) is 12.0. The Morgan fingerprint density at radius 1 is 1.25 bits per heavy atom. The first-order valence-corrected chi connectivity index (χ1v) is 7.00. The van der Waals surface area contributed by atoms with Crippen LogP contribution in [0.1, 0.15) is 13.8 Å². The quantitative estimate of drug-likeness (QED) is 0.863. The van der Waals surface area contributed by atoms with E-state index in [0.717, 1.165) is 32.0 Å². The molecule has 2 unspecified atom stereocenters. The van der Waals surface area contributed by atoms with Crippen LogP contribution in [0.15, 0.2) is 24.3 Å². The summed E-state index contributed by atoms with van der Waals surface area (Å²) in [7, 11) is 0. The molecule has 0 aliphatic carbocycles. The minimum absolute atomic E-state index is 0.110. The second-order valence-electron chi connectivity index (χ2n) is 5.21. The zero-order valence-corrected chi connectivity index (χ0v) is 12.0. The van der Waals surface area contributed by atoms with Crippen molar-refractivity contribution >= 4 is 17.3 Å². The Balaban J connectivity index is 1.95. The number of nitrogens with one attached hydrogen (secondary N) is 1. The molecule has 1 aromatic rings. The van der Waals surface area contributed by atoms with E-state index in [1.807, 2.05) is 19.1 Å². The van der Waals surface area contributed by atoms with Gasteiger partial charge in [-0.05, 0) is 38.1 Å². The number of nitrogens with zero attached hydrogens (tertiary/aromatic N) is 1.